The van der Waals surface area contributed by atoms with E-state index in [9.17, 15) is 14.7 Å². The number of aliphatic hydroxyl groups excluding tert-OH is 1. The molecule has 1 aliphatic carbocycles. The number of hydrogen-bond acceptors (Lipinski definition) is 5. The standard InChI is InChI=1S/C29H49N5O3.ClH/c1-7-8-16-33-26(36)24(25(35)22-12-10-9-11-13-22)30-27(37)29(33)14-17-32(18-15-29)19-23-20(2)31-34(21(23)3)28(4,5)6;/h22,24-25,35H,7-19H2,1-6H3,(H,30,37);1H/t24-,25-;/m1./s1. The first-order valence-corrected chi connectivity index (χ1v) is 14.6. The normalized spacial score (nSPS) is 23.9. The molecule has 2 amide bonds. The van der Waals surface area contributed by atoms with Crippen molar-refractivity contribution < 1.29 is 14.7 Å². The van der Waals surface area contributed by atoms with Crippen molar-refractivity contribution >= 4 is 24.2 Å². The van der Waals surface area contributed by atoms with Crippen molar-refractivity contribution in [2.24, 2.45) is 5.92 Å². The van der Waals surface area contributed by atoms with Crippen LogP contribution in [0.4, 0.5) is 0 Å². The molecule has 1 spiro atoms. The van der Waals surface area contributed by atoms with E-state index in [-0.39, 0.29) is 35.7 Å². The molecule has 0 bridgehead atoms. The van der Waals surface area contributed by atoms with Crippen molar-refractivity contribution in [1.29, 1.82) is 0 Å². The zero-order chi connectivity index (χ0) is 27.0. The Morgan fingerprint density at radius 3 is 2.29 bits per heavy atom. The van der Waals surface area contributed by atoms with Gasteiger partial charge < -0.3 is 15.3 Å². The molecule has 2 N–H and O–H groups in total. The van der Waals surface area contributed by atoms with E-state index < -0.39 is 17.7 Å². The largest absolute Gasteiger partial charge is 0.390 e. The monoisotopic (exact) mass is 551 g/mol. The van der Waals surface area contributed by atoms with Crippen LogP contribution >= 0.6 is 12.4 Å². The SMILES string of the molecule is CCCCN1C(=O)[C@@H]([C@H](O)C2CCCCC2)NC(=O)C12CCN(Cc1c(C)nn(C(C)(C)C)c1C)CC2.Cl. The lowest BCUT2D eigenvalue weighted by atomic mass is 9.78. The number of piperazine rings is 1. The molecule has 2 aliphatic heterocycles. The number of carbonyl (C=O) groups excluding carboxylic acids is 2. The number of aliphatic hydroxyl groups is 1. The van der Waals surface area contributed by atoms with E-state index in [0.717, 1.165) is 63.9 Å². The first kappa shape index (κ1) is 30.9. The number of nitrogens with zero attached hydrogens (tertiary/aromatic N) is 4. The van der Waals surface area contributed by atoms with Gasteiger partial charge in [-0.2, -0.15) is 5.10 Å². The van der Waals surface area contributed by atoms with Crippen LogP contribution in [0.1, 0.15) is 102 Å². The maximum atomic E-state index is 13.8. The van der Waals surface area contributed by atoms with Gasteiger partial charge in [0.15, 0.2) is 0 Å². The van der Waals surface area contributed by atoms with Crippen LogP contribution in [0.2, 0.25) is 0 Å². The molecule has 1 saturated carbocycles. The molecule has 3 fully saturated rings. The van der Waals surface area contributed by atoms with Gasteiger partial charge in [-0.1, -0.05) is 32.6 Å². The number of amides is 2. The van der Waals surface area contributed by atoms with Crippen molar-refractivity contribution in [3.63, 3.8) is 0 Å². The number of carbonyl (C=O) groups is 2. The van der Waals surface area contributed by atoms with E-state index in [0.29, 0.717) is 19.4 Å². The molecule has 8 nitrogen and oxygen atoms in total. The first-order valence-electron chi connectivity index (χ1n) is 14.6. The lowest BCUT2D eigenvalue weighted by molar-refractivity contribution is -0.166. The number of likely N-dealkylation sites (tertiary alicyclic amines) is 1. The third-order valence-electron chi connectivity index (χ3n) is 9.11. The van der Waals surface area contributed by atoms with Crippen LogP contribution in [-0.2, 0) is 21.7 Å². The van der Waals surface area contributed by atoms with Crippen LogP contribution in [0.15, 0.2) is 0 Å². The molecule has 0 aromatic carbocycles. The number of aromatic nitrogens is 2. The minimum Gasteiger partial charge on any atom is -0.390 e. The van der Waals surface area contributed by atoms with Gasteiger partial charge in [0.1, 0.15) is 11.6 Å². The van der Waals surface area contributed by atoms with E-state index in [2.05, 4.69) is 56.4 Å². The zero-order valence-corrected chi connectivity index (χ0v) is 25.2. The number of halogens is 1. The minimum atomic E-state index is -0.815. The van der Waals surface area contributed by atoms with Gasteiger partial charge in [-0.3, -0.25) is 19.2 Å². The van der Waals surface area contributed by atoms with E-state index in [1.54, 1.807) is 0 Å². The van der Waals surface area contributed by atoms with Crippen LogP contribution in [0, 0.1) is 19.8 Å². The Hall–Kier alpha value is -1.64. The van der Waals surface area contributed by atoms with Gasteiger partial charge in [0.05, 0.1) is 17.3 Å². The maximum absolute atomic E-state index is 13.8. The Balaban J connectivity index is 0.00000400. The number of unbranched alkanes of at least 4 members (excludes halogenated alkanes) is 1. The highest BCUT2D eigenvalue weighted by atomic mass is 35.5. The van der Waals surface area contributed by atoms with Crippen molar-refractivity contribution in [2.45, 2.75) is 129 Å². The Morgan fingerprint density at radius 1 is 1.11 bits per heavy atom. The molecule has 1 aromatic rings. The highest BCUT2D eigenvalue weighted by Crippen LogP contribution is 2.37. The zero-order valence-electron chi connectivity index (χ0n) is 24.4. The summed E-state index contributed by atoms with van der Waals surface area (Å²) in [4.78, 5) is 31.8. The second kappa shape index (κ2) is 12.3. The molecule has 2 atom stereocenters. The predicted molar refractivity (Wildman–Crippen MR) is 152 cm³/mol. The average molecular weight is 552 g/mol. The van der Waals surface area contributed by atoms with E-state index in [1.165, 1.54) is 17.7 Å². The van der Waals surface area contributed by atoms with E-state index in [1.807, 2.05) is 4.90 Å². The summed E-state index contributed by atoms with van der Waals surface area (Å²) in [6, 6.07) is -0.815. The van der Waals surface area contributed by atoms with Gasteiger partial charge in [-0.25, -0.2) is 0 Å². The summed E-state index contributed by atoms with van der Waals surface area (Å²) in [5, 5.41) is 19.0. The Morgan fingerprint density at radius 2 is 1.74 bits per heavy atom. The fourth-order valence-corrected chi connectivity index (χ4v) is 6.82. The second-order valence-electron chi connectivity index (χ2n) is 12.7. The van der Waals surface area contributed by atoms with Crippen molar-refractivity contribution in [3.05, 3.63) is 17.0 Å². The molecule has 3 heterocycles. The Bertz CT molecular complexity index is 974. The molecule has 38 heavy (non-hydrogen) atoms. The number of aryl methyl sites for hydroxylation is 1. The Labute approximate surface area is 235 Å². The van der Waals surface area contributed by atoms with Crippen LogP contribution in [0.25, 0.3) is 0 Å². The number of piperidine rings is 1. The molecule has 216 valence electrons. The van der Waals surface area contributed by atoms with Crippen LogP contribution < -0.4 is 5.32 Å². The van der Waals surface area contributed by atoms with Crippen molar-refractivity contribution in [1.82, 2.24) is 24.9 Å². The quantitative estimate of drug-likeness (QED) is 0.533. The predicted octanol–water partition coefficient (Wildman–Crippen LogP) is 4.08. The number of hydrogen-bond donors (Lipinski definition) is 2. The fraction of sp³-hybridized carbons (Fsp3) is 0.828. The van der Waals surface area contributed by atoms with Crippen LogP contribution in [0.5, 0.6) is 0 Å². The van der Waals surface area contributed by atoms with Gasteiger partial charge in [0.25, 0.3) is 0 Å². The molecule has 3 aliphatic rings. The summed E-state index contributed by atoms with van der Waals surface area (Å²) in [7, 11) is 0. The van der Waals surface area contributed by atoms with Crippen molar-refractivity contribution in [2.75, 3.05) is 19.6 Å². The fourth-order valence-electron chi connectivity index (χ4n) is 6.82. The highest BCUT2D eigenvalue weighted by Gasteiger charge is 2.55. The smallest absolute Gasteiger partial charge is 0.248 e. The maximum Gasteiger partial charge on any atom is 0.248 e. The van der Waals surface area contributed by atoms with Crippen molar-refractivity contribution in [3.8, 4) is 0 Å². The molecule has 9 heteroatoms. The topological polar surface area (TPSA) is 90.7 Å². The summed E-state index contributed by atoms with van der Waals surface area (Å²) in [6.07, 6.45) is 7.48. The molecule has 0 unspecified atom stereocenters. The summed E-state index contributed by atoms with van der Waals surface area (Å²) in [5.74, 6) is -0.0687. The minimum absolute atomic E-state index is 0. The summed E-state index contributed by atoms with van der Waals surface area (Å²) >= 11 is 0. The average Bonchev–Trinajstić information content (AvgIpc) is 3.16. The summed E-state index contributed by atoms with van der Waals surface area (Å²) in [6.45, 7) is 15.7. The van der Waals surface area contributed by atoms with Crippen LogP contribution in [-0.4, -0.2) is 73.8 Å². The van der Waals surface area contributed by atoms with Gasteiger partial charge >= 0.3 is 0 Å². The molecule has 1 aromatic heterocycles. The summed E-state index contributed by atoms with van der Waals surface area (Å²) < 4.78 is 2.11. The molecular weight excluding hydrogens is 502 g/mol. The second-order valence-corrected chi connectivity index (χ2v) is 12.7. The third kappa shape index (κ3) is 5.92. The lowest BCUT2D eigenvalue weighted by Crippen LogP contribution is -2.75. The molecular formula is C29H50ClN5O3. The van der Waals surface area contributed by atoms with Gasteiger partial charge in [0.2, 0.25) is 11.8 Å². The van der Waals surface area contributed by atoms with Gasteiger partial charge in [-0.05, 0) is 72.6 Å². The molecule has 4 rings (SSSR count). The lowest BCUT2D eigenvalue weighted by Gasteiger charge is -2.52. The van der Waals surface area contributed by atoms with E-state index >= 15 is 0 Å². The molecule has 2 saturated heterocycles. The third-order valence-corrected chi connectivity index (χ3v) is 9.11. The number of nitrogens with one attached hydrogen (secondary N) is 1. The highest BCUT2D eigenvalue weighted by molar-refractivity contribution is 6.00. The van der Waals surface area contributed by atoms with Crippen LogP contribution in [0.3, 0.4) is 0 Å². The summed E-state index contributed by atoms with van der Waals surface area (Å²) in [5.41, 5.74) is 2.62. The van der Waals surface area contributed by atoms with E-state index in [4.69, 9.17) is 5.10 Å². The Kier molecular flexibility index (Phi) is 9.97. The number of rotatable bonds is 7. The van der Waals surface area contributed by atoms with Gasteiger partial charge in [0, 0.05) is 37.4 Å². The van der Waals surface area contributed by atoms with Gasteiger partial charge in [-0.15, -0.1) is 12.4 Å². The first-order chi connectivity index (χ1) is 17.5. The molecule has 0 radical (unpaired) electrons.